The van der Waals surface area contributed by atoms with E-state index in [1.807, 2.05) is 0 Å². The van der Waals surface area contributed by atoms with Crippen LogP contribution >= 0.6 is 11.6 Å². The van der Waals surface area contributed by atoms with Gasteiger partial charge in [0, 0.05) is 11.6 Å². The molecule has 0 saturated carbocycles. The minimum atomic E-state index is 1.22. The fourth-order valence-corrected chi connectivity index (χ4v) is 0. The normalized spacial score (nSPS) is 2.57. The quantitative estimate of drug-likeness (QED) is 0.465. The molecule has 4 heteroatoms. The Hall–Kier alpha value is -1.24. The van der Waals surface area contributed by atoms with Gasteiger partial charge in [0.25, 0.3) is 0 Å². The van der Waals surface area contributed by atoms with Crippen LogP contribution in [0.3, 0.4) is 0 Å². The number of nitrogens with zero attached hydrogens (tertiary/aromatic N) is 3. The van der Waals surface area contributed by atoms with Crippen molar-refractivity contribution < 1.29 is 0 Å². The average Bonchev–Trinajstić information content (AvgIpc) is 1.69. The largest absolute Gasteiger partial charge is 0.181 e. The standard InChI is InChI=1S/C2N2.CClN/c3-1-2-4;2-1-3. The van der Waals surface area contributed by atoms with Gasteiger partial charge < -0.3 is 0 Å². The van der Waals surface area contributed by atoms with Crippen molar-refractivity contribution in [2.45, 2.75) is 0 Å². The average molecular weight is 114 g/mol. The second kappa shape index (κ2) is 21.7. The molecular formula is C3ClN3. The molecule has 0 bridgehead atoms. The van der Waals surface area contributed by atoms with E-state index in [2.05, 4.69) is 11.6 Å². The molecule has 0 heterocycles. The molecular weight excluding hydrogens is 114 g/mol. The van der Waals surface area contributed by atoms with Crippen molar-refractivity contribution in [2.24, 2.45) is 0 Å². The summed E-state index contributed by atoms with van der Waals surface area (Å²) < 4.78 is 0. The van der Waals surface area contributed by atoms with Gasteiger partial charge in [0.2, 0.25) is 0 Å². The molecule has 34 valence electrons. The van der Waals surface area contributed by atoms with Crippen LogP contribution in [0.2, 0.25) is 0 Å². The van der Waals surface area contributed by atoms with Crippen molar-refractivity contribution in [3.63, 3.8) is 0 Å². The number of hydrogen-bond acceptors (Lipinski definition) is 3. The Morgan fingerprint density at radius 1 is 1.00 bits per heavy atom. The summed E-state index contributed by atoms with van der Waals surface area (Å²) in [6, 6.07) is 2.47. The lowest BCUT2D eigenvalue weighted by molar-refractivity contribution is 1.49. The molecule has 0 aliphatic heterocycles. The van der Waals surface area contributed by atoms with Crippen LogP contribution in [0.15, 0.2) is 0 Å². The molecule has 0 saturated heterocycles. The van der Waals surface area contributed by atoms with E-state index in [0.717, 1.165) is 0 Å². The molecule has 3 nitrogen and oxygen atoms in total. The summed E-state index contributed by atoms with van der Waals surface area (Å²) in [6.45, 7) is 0. The van der Waals surface area contributed by atoms with Crippen molar-refractivity contribution >= 4 is 11.6 Å². The van der Waals surface area contributed by atoms with Crippen LogP contribution in [-0.2, 0) is 0 Å². The van der Waals surface area contributed by atoms with E-state index in [0.29, 0.717) is 0 Å². The molecule has 0 aliphatic rings. The Bertz CT molecular complexity index is 120. The molecule has 0 spiro atoms. The third-order valence-electron chi connectivity index (χ3n) is 0.0500. The maximum Gasteiger partial charge on any atom is 0.181 e. The van der Waals surface area contributed by atoms with Crippen molar-refractivity contribution in [1.29, 1.82) is 15.8 Å². The van der Waals surface area contributed by atoms with Crippen molar-refractivity contribution in [2.75, 3.05) is 0 Å². The highest BCUT2D eigenvalue weighted by molar-refractivity contribution is 6.28. The molecule has 0 aliphatic carbocycles. The topological polar surface area (TPSA) is 71.4 Å². The van der Waals surface area contributed by atoms with Crippen LogP contribution in [0.5, 0.6) is 0 Å². The van der Waals surface area contributed by atoms with Gasteiger partial charge in [-0.2, -0.15) is 15.8 Å². The number of halogens is 1. The smallest absolute Gasteiger partial charge is 0.181 e. The third-order valence-corrected chi connectivity index (χ3v) is 0.0500. The molecule has 0 aromatic rings. The van der Waals surface area contributed by atoms with Crippen LogP contribution in [0.25, 0.3) is 0 Å². The molecule has 0 fully saturated rings. The van der Waals surface area contributed by atoms with E-state index < -0.39 is 0 Å². The van der Waals surface area contributed by atoms with Crippen molar-refractivity contribution in [3.8, 4) is 17.7 Å². The van der Waals surface area contributed by atoms with Gasteiger partial charge in [-0.3, -0.25) is 0 Å². The van der Waals surface area contributed by atoms with Crippen LogP contribution in [0, 0.1) is 33.5 Å². The van der Waals surface area contributed by atoms with Crippen LogP contribution in [0.4, 0.5) is 0 Å². The zero-order valence-corrected chi connectivity index (χ0v) is 3.98. The van der Waals surface area contributed by atoms with Gasteiger partial charge in [0.1, 0.15) is 0 Å². The predicted molar refractivity (Wildman–Crippen MR) is 22.7 cm³/mol. The van der Waals surface area contributed by atoms with E-state index in [1.54, 1.807) is 0 Å². The first-order chi connectivity index (χ1) is 3.33. The Morgan fingerprint density at radius 3 is 1.14 bits per heavy atom. The lowest BCUT2D eigenvalue weighted by atomic mass is 10.9. The summed E-state index contributed by atoms with van der Waals surface area (Å²) in [6.07, 6.45) is 0. The third kappa shape index (κ3) is 630. The summed E-state index contributed by atoms with van der Waals surface area (Å²) in [7, 11) is 0. The second-order valence-electron chi connectivity index (χ2n) is 0.308. The van der Waals surface area contributed by atoms with Crippen LogP contribution in [0.1, 0.15) is 0 Å². The lowest BCUT2D eigenvalue weighted by Gasteiger charge is -1.16. The van der Waals surface area contributed by atoms with Gasteiger partial charge in [-0.1, -0.05) is 0 Å². The van der Waals surface area contributed by atoms with E-state index >= 15 is 0 Å². The van der Waals surface area contributed by atoms with Crippen LogP contribution < -0.4 is 0 Å². The lowest BCUT2D eigenvalue weighted by Crippen LogP contribution is -1.26. The van der Waals surface area contributed by atoms with Gasteiger partial charge in [0.05, 0.1) is 0 Å². The molecule has 0 atom stereocenters. The summed E-state index contributed by atoms with van der Waals surface area (Å²) in [5.41, 5.74) is 1.22. The zero-order valence-electron chi connectivity index (χ0n) is 3.22. The number of nitriles is 3. The van der Waals surface area contributed by atoms with E-state index in [4.69, 9.17) is 15.8 Å². The first kappa shape index (κ1) is 9.23. The molecule has 7 heavy (non-hydrogen) atoms. The molecule has 0 N–H and O–H groups in total. The Labute approximate surface area is 46.0 Å². The predicted octanol–water partition coefficient (Wildman–Crippen LogP) is 0.740. The minimum absolute atomic E-state index is 1.22. The van der Waals surface area contributed by atoms with Gasteiger partial charge in [-0.15, -0.1) is 0 Å². The minimum Gasteiger partial charge on any atom is -0.181 e. The van der Waals surface area contributed by atoms with Crippen molar-refractivity contribution in [3.05, 3.63) is 0 Å². The van der Waals surface area contributed by atoms with Crippen LogP contribution in [-0.4, -0.2) is 0 Å². The fraction of sp³-hybridized carbons (Fsp3) is 0. The highest BCUT2D eigenvalue weighted by atomic mass is 35.5. The van der Waals surface area contributed by atoms with Gasteiger partial charge in [-0.25, -0.2) is 0 Å². The zero-order chi connectivity index (χ0) is 6.12. The summed E-state index contributed by atoms with van der Waals surface area (Å²) in [5, 5.41) is 21.6. The summed E-state index contributed by atoms with van der Waals surface area (Å²) in [4.78, 5) is 0. The van der Waals surface area contributed by atoms with Gasteiger partial charge in [0.15, 0.2) is 17.7 Å². The molecule has 0 amide bonds. The first-order valence-electron chi connectivity index (χ1n) is 1.11. The van der Waals surface area contributed by atoms with Gasteiger partial charge in [-0.05, 0) is 0 Å². The second-order valence-corrected chi connectivity index (χ2v) is 0.477. The van der Waals surface area contributed by atoms with E-state index in [1.165, 1.54) is 17.7 Å². The number of rotatable bonds is 0. The Morgan fingerprint density at radius 2 is 1.14 bits per heavy atom. The molecule has 0 rings (SSSR count). The molecule has 0 radical (unpaired) electrons. The highest BCUT2D eigenvalue weighted by Crippen LogP contribution is 1.49. The first-order valence-corrected chi connectivity index (χ1v) is 1.49. The SMILES string of the molecule is N#CC#N.N#CCl. The summed E-state index contributed by atoms with van der Waals surface area (Å²) >= 11 is 4.30. The fourth-order valence-electron chi connectivity index (χ4n) is 0. The maximum absolute atomic E-state index is 7.26. The maximum atomic E-state index is 7.26. The van der Waals surface area contributed by atoms with E-state index in [-0.39, 0.29) is 0 Å². The molecule has 0 aromatic carbocycles. The molecule has 0 unspecified atom stereocenters. The van der Waals surface area contributed by atoms with Gasteiger partial charge >= 0.3 is 0 Å². The van der Waals surface area contributed by atoms with E-state index in [9.17, 15) is 0 Å². The van der Waals surface area contributed by atoms with Crippen molar-refractivity contribution in [1.82, 2.24) is 0 Å². The number of hydrogen-bond donors (Lipinski definition) is 0. The monoisotopic (exact) mass is 113 g/mol. The Balaban J connectivity index is 0. The Kier molecular flexibility index (Phi) is 28.6. The highest BCUT2D eigenvalue weighted by Gasteiger charge is 1.39. The molecule has 0 aromatic heterocycles. The summed E-state index contributed by atoms with van der Waals surface area (Å²) in [5.74, 6) is 0.